The second-order valence-corrected chi connectivity index (χ2v) is 3.08. The molecule has 0 fully saturated rings. The van der Waals surface area contributed by atoms with Crippen molar-refractivity contribution < 1.29 is 27.4 Å². The molecule has 0 spiro atoms. The molecule has 0 amide bonds. The number of halogens is 3. The van der Waals surface area contributed by atoms with E-state index in [4.69, 9.17) is 0 Å². The van der Waals surface area contributed by atoms with Crippen LogP contribution in [0, 0.1) is 0 Å². The molecule has 1 aromatic rings. The molecule has 8 heteroatoms. The highest BCUT2D eigenvalue weighted by atomic mass is 19.4. The molecular formula is C9H11F3N2O3. The standard InChI is InChI=1S/C9H11F3N2O3/c1-2-17-8(15)7-3-13-14(4-7)6-16-5-9(10,11)12/h3-4H,2,5-6H2,1H3. The van der Waals surface area contributed by atoms with Gasteiger partial charge in [0.2, 0.25) is 0 Å². The van der Waals surface area contributed by atoms with E-state index < -0.39 is 18.8 Å². The highest BCUT2D eigenvalue weighted by molar-refractivity contribution is 5.88. The lowest BCUT2D eigenvalue weighted by molar-refractivity contribution is -0.182. The molecule has 96 valence electrons. The van der Waals surface area contributed by atoms with Gasteiger partial charge in [-0.25, -0.2) is 9.48 Å². The molecule has 0 aliphatic rings. The van der Waals surface area contributed by atoms with Crippen molar-refractivity contribution in [2.45, 2.75) is 19.8 Å². The SMILES string of the molecule is CCOC(=O)c1cnn(COCC(F)(F)F)c1. The first kappa shape index (κ1) is 13.5. The van der Waals surface area contributed by atoms with Gasteiger partial charge in [-0.3, -0.25) is 0 Å². The summed E-state index contributed by atoms with van der Waals surface area (Å²) in [5.41, 5.74) is 0.169. The second kappa shape index (κ2) is 5.67. The third-order valence-corrected chi connectivity index (χ3v) is 1.63. The Morgan fingerprint density at radius 2 is 2.24 bits per heavy atom. The van der Waals surface area contributed by atoms with E-state index in [0.29, 0.717) is 0 Å². The van der Waals surface area contributed by atoms with Crippen molar-refractivity contribution in [2.75, 3.05) is 13.2 Å². The van der Waals surface area contributed by atoms with Crippen LogP contribution in [0.15, 0.2) is 12.4 Å². The molecule has 0 radical (unpaired) electrons. The topological polar surface area (TPSA) is 53.3 Å². The Hall–Kier alpha value is -1.57. The lowest BCUT2D eigenvalue weighted by Gasteiger charge is -2.06. The maximum Gasteiger partial charge on any atom is 0.411 e. The smallest absolute Gasteiger partial charge is 0.411 e. The minimum Gasteiger partial charge on any atom is -0.462 e. The molecular weight excluding hydrogens is 241 g/mol. The molecule has 1 rings (SSSR count). The molecule has 0 N–H and O–H groups in total. The van der Waals surface area contributed by atoms with E-state index in [1.54, 1.807) is 6.92 Å². The molecule has 17 heavy (non-hydrogen) atoms. The summed E-state index contributed by atoms with van der Waals surface area (Å²) in [7, 11) is 0. The van der Waals surface area contributed by atoms with Gasteiger partial charge in [-0.15, -0.1) is 0 Å². The van der Waals surface area contributed by atoms with E-state index in [9.17, 15) is 18.0 Å². The van der Waals surface area contributed by atoms with Crippen molar-refractivity contribution in [2.24, 2.45) is 0 Å². The van der Waals surface area contributed by atoms with Crippen LogP contribution >= 0.6 is 0 Å². The first-order valence-electron chi connectivity index (χ1n) is 4.76. The molecule has 0 saturated heterocycles. The van der Waals surface area contributed by atoms with Crippen LogP contribution < -0.4 is 0 Å². The summed E-state index contributed by atoms with van der Waals surface area (Å²) in [5.74, 6) is -0.574. The van der Waals surface area contributed by atoms with E-state index in [1.807, 2.05) is 0 Å². The summed E-state index contributed by atoms with van der Waals surface area (Å²) >= 11 is 0. The number of hydrogen-bond acceptors (Lipinski definition) is 4. The Bertz CT molecular complexity index is 376. The highest BCUT2D eigenvalue weighted by Crippen LogP contribution is 2.14. The second-order valence-electron chi connectivity index (χ2n) is 3.08. The summed E-state index contributed by atoms with van der Waals surface area (Å²) in [6, 6.07) is 0. The van der Waals surface area contributed by atoms with E-state index in [1.165, 1.54) is 12.4 Å². The lowest BCUT2D eigenvalue weighted by Crippen LogP contribution is -2.18. The van der Waals surface area contributed by atoms with Gasteiger partial charge >= 0.3 is 12.1 Å². The molecule has 0 bridgehead atoms. The van der Waals surface area contributed by atoms with Gasteiger partial charge < -0.3 is 9.47 Å². The van der Waals surface area contributed by atoms with Gasteiger partial charge in [-0.1, -0.05) is 0 Å². The van der Waals surface area contributed by atoms with Crippen molar-refractivity contribution in [1.29, 1.82) is 0 Å². The fourth-order valence-electron chi connectivity index (χ4n) is 1.01. The number of ether oxygens (including phenoxy) is 2. The number of nitrogens with zero attached hydrogens (tertiary/aromatic N) is 2. The quantitative estimate of drug-likeness (QED) is 0.747. The van der Waals surface area contributed by atoms with Gasteiger partial charge in [-0.2, -0.15) is 18.3 Å². The van der Waals surface area contributed by atoms with Crippen molar-refractivity contribution in [3.8, 4) is 0 Å². The van der Waals surface area contributed by atoms with Crippen molar-refractivity contribution in [3.05, 3.63) is 18.0 Å². The molecule has 1 heterocycles. The Morgan fingerprint density at radius 3 is 2.82 bits per heavy atom. The average molecular weight is 252 g/mol. The minimum absolute atomic E-state index is 0.169. The van der Waals surface area contributed by atoms with Crippen molar-refractivity contribution in [3.63, 3.8) is 0 Å². The lowest BCUT2D eigenvalue weighted by atomic mass is 10.4. The van der Waals surface area contributed by atoms with E-state index in [0.717, 1.165) is 4.68 Å². The van der Waals surface area contributed by atoms with Crippen LogP contribution in [0.3, 0.4) is 0 Å². The Labute approximate surface area is 95.1 Å². The Balaban J connectivity index is 2.43. The number of carbonyl (C=O) groups excluding carboxylic acids is 1. The zero-order valence-electron chi connectivity index (χ0n) is 9.03. The van der Waals surface area contributed by atoms with Gasteiger partial charge in [0.05, 0.1) is 18.4 Å². The predicted molar refractivity (Wildman–Crippen MR) is 50.2 cm³/mol. The molecule has 5 nitrogen and oxygen atoms in total. The van der Waals surface area contributed by atoms with Crippen LogP contribution in [0.1, 0.15) is 17.3 Å². The fraction of sp³-hybridized carbons (Fsp3) is 0.556. The van der Waals surface area contributed by atoms with Gasteiger partial charge in [0.1, 0.15) is 13.3 Å². The van der Waals surface area contributed by atoms with Crippen LogP contribution in [-0.2, 0) is 16.2 Å². The predicted octanol–water partition coefficient (Wildman–Crippen LogP) is 1.60. The third-order valence-electron chi connectivity index (χ3n) is 1.63. The van der Waals surface area contributed by atoms with E-state index in [-0.39, 0.29) is 18.9 Å². The zero-order valence-corrected chi connectivity index (χ0v) is 9.03. The molecule has 0 saturated carbocycles. The molecule has 0 aromatic carbocycles. The molecule has 1 aromatic heterocycles. The first-order chi connectivity index (χ1) is 7.92. The number of aromatic nitrogens is 2. The van der Waals surface area contributed by atoms with E-state index >= 15 is 0 Å². The zero-order chi connectivity index (χ0) is 12.9. The van der Waals surface area contributed by atoms with Crippen LogP contribution in [0.2, 0.25) is 0 Å². The van der Waals surface area contributed by atoms with Crippen molar-refractivity contribution >= 4 is 5.97 Å². The minimum atomic E-state index is -4.38. The highest BCUT2D eigenvalue weighted by Gasteiger charge is 2.27. The first-order valence-corrected chi connectivity index (χ1v) is 4.76. The molecule has 0 unspecified atom stereocenters. The number of carbonyl (C=O) groups is 1. The van der Waals surface area contributed by atoms with Crippen LogP contribution in [0.25, 0.3) is 0 Å². The van der Waals surface area contributed by atoms with Crippen molar-refractivity contribution in [1.82, 2.24) is 9.78 Å². The van der Waals surface area contributed by atoms with Gasteiger partial charge in [0.25, 0.3) is 0 Å². The average Bonchev–Trinajstić information content (AvgIpc) is 2.65. The van der Waals surface area contributed by atoms with E-state index in [2.05, 4.69) is 14.6 Å². The number of esters is 1. The number of hydrogen-bond donors (Lipinski definition) is 0. The van der Waals surface area contributed by atoms with Gasteiger partial charge in [0.15, 0.2) is 0 Å². The normalized spacial score (nSPS) is 11.5. The largest absolute Gasteiger partial charge is 0.462 e. The Kier molecular flexibility index (Phi) is 4.50. The van der Waals surface area contributed by atoms with Gasteiger partial charge in [-0.05, 0) is 6.92 Å². The summed E-state index contributed by atoms with van der Waals surface area (Å²) in [6.07, 6.45) is -1.92. The number of alkyl halides is 3. The van der Waals surface area contributed by atoms with Gasteiger partial charge in [0, 0.05) is 6.20 Å². The summed E-state index contributed by atoms with van der Waals surface area (Å²) in [5, 5.41) is 3.66. The van der Waals surface area contributed by atoms with Crippen LogP contribution in [0.4, 0.5) is 13.2 Å². The molecule has 0 atom stereocenters. The summed E-state index contributed by atoms with van der Waals surface area (Å²) in [4.78, 5) is 11.2. The maximum absolute atomic E-state index is 11.8. The molecule has 0 aliphatic heterocycles. The molecule has 0 aliphatic carbocycles. The van der Waals surface area contributed by atoms with Crippen LogP contribution in [0.5, 0.6) is 0 Å². The third kappa shape index (κ3) is 4.85. The fourth-order valence-corrected chi connectivity index (χ4v) is 1.01. The summed E-state index contributed by atoms with van der Waals surface area (Å²) < 4.78 is 45.4. The van der Waals surface area contributed by atoms with Crippen LogP contribution in [-0.4, -0.2) is 35.1 Å². The number of rotatable bonds is 5. The maximum atomic E-state index is 11.8. The monoisotopic (exact) mass is 252 g/mol. The Morgan fingerprint density at radius 1 is 1.53 bits per heavy atom. The summed E-state index contributed by atoms with van der Waals surface area (Å²) in [6.45, 7) is 0.129.